The zero-order chi connectivity index (χ0) is 18.7. The number of hydrogen-bond acceptors (Lipinski definition) is 3. The van der Waals surface area contributed by atoms with Crippen molar-refractivity contribution in [2.75, 3.05) is 26.1 Å². The Morgan fingerprint density at radius 3 is 2.35 bits per heavy atom. The monoisotopic (exact) mass is 354 g/mol. The van der Waals surface area contributed by atoms with Gasteiger partial charge in [-0.3, -0.25) is 0 Å². The van der Waals surface area contributed by atoms with Crippen molar-refractivity contribution in [3.05, 3.63) is 53.1 Å². The Morgan fingerprint density at radius 2 is 1.73 bits per heavy atom. The maximum absolute atomic E-state index is 12.3. The molecule has 2 amide bonds. The summed E-state index contributed by atoms with van der Waals surface area (Å²) in [4.78, 5) is 12.3. The molecule has 26 heavy (non-hydrogen) atoms. The van der Waals surface area contributed by atoms with Crippen molar-refractivity contribution in [2.45, 2.75) is 32.1 Å². The number of anilines is 1. The number of carbonyl (C=O) groups excluding carboxylic acids is 1. The van der Waals surface area contributed by atoms with Crippen LogP contribution in [0.2, 0.25) is 0 Å². The van der Waals surface area contributed by atoms with Crippen LogP contribution in [0.15, 0.2) is 36.4 Å². The highest BCUT2D eigenvalue weighted by Gasteiger charge is 2.44. The van der Waals surface area contributed by atoms with Gasteiger partial charge in [-0.1, -0.05) is 12.1 Å². The SMILES string of the molecule is COc1ccc(C2(CNC(=O)Nc3ccc(C)c(C)c3)CC2)cc1OC. The first-order valence-electron chi connectivity index (χ1n) is 8.82. The summed E-state index contributed by atoms with van der Waals surface area (Å²) >= 11 is 0. The quantitative estimate of drug-likeness (QED) is 0.818. The lowest BCUT2D eigenvalue weighted by Crippen LogP contribution is -2.35. The molecule has 0 unspecified atom stereocenters. The fourth-order valence-electron chi connectivity index (χ4n) is 3.13. The van der Waals surface area contributed by atoms with E-state index >= 15 is 0 Å². The minimum Gasteiger partial charge on any atom is -0.493 e. The molecule has 2 N–H and O–H groups in total. The number of urea groups is 1. The van der Waals surface area contributed by atoms with Gasteiger partial charge >= 0.3 is 6.03 Å². The van der Waals surface area contributed by atoms with Gasteiger partial charge in [0, 0.05) is 17.6 Å². The summed E-state index contributed by atoms with van der Waals surface area (Å²) in [6, 6.07) is 11.7. The zero-order valence-corrected chi connectivity index (χ0v) is 15.8. The molecule has 0 atom stereocenters. The summed E-state index contributed by atoms with van der Waals surface area (Å²) in [5.41, 5.74) is 4.33. The van der Waals surface area contributed by atoms with Crippen LogP contribution in [0.4, 0.5) is 10.5 Å². The summed E-state index contributed by atoms with van der Waals surface area (Å²) in [6.07, 6.45) is 2.10. The fraction of sp³-hybridized carbons (Fsp3) is 0.381. The first-order chi connectivity index (χ1) is 12.5. The predicted octanol–water partition coefficient (Wildman–Crippen LogP) is 4.17. The predicted molar refractivity (Wildman–Crippen MR) is 103 cm³/mol. The number of benzene rings is 2. The van der Waals surface area contributed by atoms with Gasteiger partial charge in [0.1, 0.15) is 0 Å². The van der Waals surface area contributed by atoms with Crippen molar-refractivity contribution in [1.29, 1.82) is 0 Å². The summed E-state index contributed by atoms with van der Waals surface area (Å²) in [5.74, 6) is 1.43. The molecule has 0 bridgehead atoms. The maximum Gasteiger partial charge on any atom is 0.319 e. The molecule has 5 heteroatoms. The standard InChI is InChI=1S/C21H26N2O3/c1-14-5-7-17(11-15(14)2)23-20(24)22-13-21(9-10-21)16-6-8-18(25-3)19(12-16)26-4/h5-8,11-12H,9-10,13H2,1-4H3,(H2,22,23,24). The van der Waals surface area contributed by atoms with Crippen molar-refractivity contribution >= 4 is 11.7 Å². The lowest BCUT2D eigenvalue weighted by molar-refractivity contribution is 0.251. The van der Waals surface area contributed by atoms with Crippen molar-refractivity contribution in [2.24, 2.45) is 0 Å². The Bertz CT molecular complexity index is 813. The second-order valence-electron chi connectivity index (χ2n) is 6.96. The highest BCUT2D eigenvalue weighted by Crippen LogP contribution is 2.49. The lowest BCUT2D eigenvalue weighted by Gasteiger charge is -2.19. The Labute approximate surface area is 154 Å². The molecular formula is C21H26N2O3. The molecule has 1 fully saturated rings. The first-order valence-corrected chi connectivity index (χ1v) is 8.82. The van der Waals surface area contributed by atoms with E-state index in [1.54, 1.807) is 14.2 Å². The molecule has 2 aromatic rings. The Hall–Kier alpha value is -2.69. The van der Waals surface area contributed by atoms with Crippen LogP contribution < -0.4 is 20.1 Å². The average molecular weight is 354 g/mol. The molecule has 0 radical (unpaired) electrons. The number of aryl methyl sites for hydroxylation is 2. The average Bonchev–Trinajstić information content (AvgIpc) is 3.44. The second kappa shape index (κ2) is 7.28. The van der Waals surface area contributed by atoms with Crippen LogP contribution in [-0.2, 0) is 5.41 Å². The van der Waals surface area contributed by atoms with E-state index in [1.165, 1.54) is 11.1 Å². The third-order valence-electron chi connectivity index (χ3n) is 5.20. The number of nitrogens with one attached hydrogen (secondary N) is 2. The molecule has 1 saturated carbocycles. The van der Waals surface area contributed by atoms with Crippen LogP contribution >= 0.6 is 0 Å². The lowest BCUT2D eigenvalue weighted by atomic mass is 9.95. The molecule has 0 aliphatic heterocycles. The Balaban J connectivity index is 1.63. The molecule has 3 rings (SSSR count). The zero-order valence-electron chi connectivity index (χ0n) is 15.8. The Kier molecular flexibility index (Phi) is 5.07. The topological polar surface area (TPSA) is 59.6 Å². The highest BCUT2D eigenvalue weighted by molar-refractivity contribution is 5.89. The molecule has 138 valence electrons. The third kappa shape index (κ3) is 3.77. The normalized spacial score (nSPS) is 14.5. The minimum absolute atomic E-state index is 0.0138. The van der Waals surface area contributed by atoms with Crippen LogP contribution in [0, 0.1) is 13.8 Å². The van der Waals surface area contributed by atoms with Crippen molar-refractivity contribution < 1.29 is 14.3 Å². The van der Waals surface area contributed by atoms with E-state index in [4.69, 9.17) is 9.47 Å². The molecule has 0 heterocycles. The summed E-state index contributed by atoms with van der Waals surface area (Å²) in [5, 5.41) is 5.92. The fourth-order valence-corrected chi connectivity index (χ4v) is 3.13. The van der Waals surface area contributed by atoms with Crippen LogP contribution in [-0.4, -0.2) is 26.8 Å². The van der Waals surface area contributed by atoms with E-state index in [0.717, 1.165) is 29.8 Å². The van der Waals surface area contributed by atoms with Crippen LogP contribution in [0.1, 0.15) is 29.5 Å². The maximum atomic E-state index is 12.3. The van der Waals surface area contributed by atoms with E-state index in [2.05, 4.69) is 23.6 Å². The van der Waals surface area contributed by atoms with Crippen molar-refractivity contribution in [3.63, 3.8) is 0 Å². The summed E-state index contributed by atoms with van der Waals surface area (Å²) in [7, 11) is 3.26. The van der Waals surface area contributed by atoms with Gasteiger partial charge in [-0.15, -0.1) is 0 Å². The molecule has 0 aromatic heterocycles. The largest absolute Gasteiger partial charge is 0.493 e. The first kappa shape index (κ1) is 18.1. The van der Waals surface area contributed by atoms with E-state index in [9.17, 15) is 4.79 Å². The second-order valence-corrected chi connectivity index (χ2v) is 6.96. The van der Waals surface area contributed by atoms with Crippen LogP contribution in [0.25, 0.3) is 0 Å². The number of methoxy groups -OCH3 is 2. The number of hydrogen-bond donors (Lipinski definition) is 2. The molecule has 0 saturated heterocycles. The van der Waals surface area contributed by atoms with Crippen LogP contribution in [0.5, 0.6) is 11.5 Å². The number of rotatable bonds is 6. The van der Waals surface area contributed by atoms with Gasteiger partial charge in [-0.2, -0.15) is 0 Å². The van der Waals surface area contributed by atoms with Gasteiger partial charge in [0.25, 0.3) is 0 Å². The molecule has 1 aliphatic rings. The summed E-state index contributed by atoms with van der Waals surface area (Å²) in [6.45, 7) is 4.69. The van der Waals surface area contributed by atoms with E-state index in [1.807, 2.05) is 37.3 Å². The third-order valence-corrected chi connectivity index (χ3v) is 5.20. The van der Waals surface area contributed by atoms with Gasteiger partial charge in [-0.05, 0) is 67.6 Å². The van der Waals surface area contributed by atoms with Crippen molar-refractivity contribution in [3.8, 4) is 11.5 Å². The van der Waals surface area contributed by atoms with Gasteiger partial charge < -0.3 is 20.1 Å². The highest BCUT2D eigenvalue weighted by atomic mass is 16.5. The number of carbonyl (C=O) groups is 1. The summed E-state index contributed by atoms with van der Waals surface area (Å²) < 4.78 is 10.7. The van der Waals surface area contributed by atoms with Gasteiger partial charge in [0.15, 0.2) is 11.5 Å². The van der Waals surface area contributed by atoms with Gasteiger partial charge in [0.2, 0.25) is 0 Å². The van der Waals surface area contributed by atoms with Crippen LogP contribution in [0.3, 0.4) is 0 Å². The number of ether oxygens (including phenoxy) is 2. The molecule has 5 nitrogen and oxygen atoms in total. The van der Waals surface area contributed by atoms with E-state index in [-0.39, 0.29) is 11.4 Å². The molecule has 1 aliphatic carbocycles. The molecule has 2 aromatic carbocycles. The number of amides is 2. The minimum atomic E-state index is -0.181. The smallest absolute Gasteiger partial charge is 0.319 e. The molecular weight excluding hydrogens is 328 g/mol. The van der Waals surface area contributed by atoms with Gasteiger partial charge in [0.05, 0.1) is 14.2 Å². The van der Waals surface area contributed by atoms with Gasteiger partial charge in [-0.25, -0.2) is 4.79 Å². The van der Waals surface area contributed by atoms with E-state index in [0.29, 0.717) is 12.3 Å². The van der Waals surface area contributed by atoms with E-state index < -0.39 is 0 Å². The van der Waals surface area contributed by atoms with Crippen molar-refractivity contribution in [1.82, 2.24) is 5.32 Å². The Morgan fingerprint density at radius 1 is 1.00 bits per heavy atom. The molecule has 0 spiro atoms.